The fourth-order valence-corrected chi connectivity index (χ4v) is 2.12. The van der Waals surface area contributed by atoms with Crippen LogP contribution in [-0.4, -0.2) is 43.7 Å². The fourth-order valence-electron chi connectivity index (χ4n) is 2.12. The number of aryl methyl sites for hydroxylation is 1. The zero-order valence-electron chi connectivity index (χ0n) is 11.6. The van der Waals surface area contributed by atoms with E-state index in [1.54, 1.807) is 17.9 Å². The maximum atomic E-state index is 13.3. The lowest BCUT2D eigenvalue weighted by atomic mass is 10.1. The van der Waals surface area contributed by atoms with Crippen molar-refractivity contribution in [2.45, 2.75) is 13.3 Å². The first-order valence-corrected chi connectivity index (χ1v) is 6.73. The Morgan fingerprint density at radius 1 is 1.45 bits per heavy atom. The van der Waals surface area contributed by atoms with Crippen LogP contribution in [0.4, 0.5) is 15.8 Å². The van der Waals surface area contributed by atoms with Crippen LogP contribution in [0, 0.1) is 12.7 Å². The maximum Gasteiger partial charge on any atom is 0.224 e. The van der Waals surface area contributed by atoms with Crippen molar-refractivity contribution in [1.82, 2.24) is 4.90 Å². The number of benzene rings is 1. The first-order chi connectivity index (χ1) is 9.58. The minimum atomic E-state index is -0.322. The Kier molecular flexibility index (Phi) is 4.79. The molecule has 3 N–H and O–H groups in total. The van der Waals surface area contributed by atoms with Crippen LogP contribution in [0.25, 0.3) is 0 Å². The van der Waals surface area contributed by atoms with Gasteiger partial charge in [-0.1, -0.05) is 0 Å². The average molecular weight is 281 g/mol. The molecule has 6 heteroatoms. The van der Waals surface area contributed by atoms with Gasteiger partial charge in [-0.15, -0.1) is 0 Å². The summed E-state index contributed by atoms with van der Waals surface area (Å²) in [6.07, 6.45) is 0.385. The van der Waals surface area contributed by atoms with Gasteiger partial charge < -0.3 is 20.7 Å². The largest absolute Gasteiger partial charge is 0.397 e. The summed E-state index contributed by atoms with van der Waals surface area (Å²) >= 11 is 0. The Bertz CT molecular complexity index is 488. The zero-order valence-corrected chi connectivity index (χ0v) is 11.6. The molecule has 0 aliphatic carbocycles. The van der Waals surface area contributed by atoms with Gasteiger partial charge in [-0.05, 0) is 24.6 Å². The number of nitrogen functional groups attached to an aromatic ring is 1. The number of carbonyl (C=O) groups excluding carboxylic acids is 1. The van der Waals surface area contributed by atoms with Gasteiger partial charge >= 0.3 is 0 Å². The van der Waals surface area contributed by atoms with E-state index < -0.39 is 0 Å². The van der Waals surface area contributed by atoms with E-state index in [1.165, 1.54) is 6.07 Å². The molecule has 0 aromatic heterocycles. The summed E-state index contributed by atoms with van der Waals surface area (Å²) in [7, 11) is 0. The molecule has 0 unspecified atom stereocenters. The molecule has 1 aromatic rings. The molecule has 2 rings (SSSR count). The van der Waals surface area contributed by atoms with E-state index in [2.05, 4.69) is 5.32 Å². The van der Waals surface area contributed by atoms with Crippen LogP contribution in [0.15, 0.2) is 12.1 Å². The molecule has 0 spiro atoms. The summed E-state index contributed by atoms with van der Waals surface area (Å²) < 4.78 is 18.5. The number of hydrogen-bond donors (Lipinski definition) is 2. The zero-order chi connectivity index (χ0) is 14.5. The quantitative estimate of drug-likeness (QED) is 0.818. The lowest BCUT2D eigenvalue weighted by molar-refractivity contribution is -0.134. The van der Waals surface area contributed by atoms with Crippen LogP contribution in [0.2, 0.25) is 0 Å². The number of nitrogens with one attached hydrogen (secondary N) is 1. The number of nitrogens with two attached hydrogens (primary N) is 1. The van der Waals surface area contributed by atoms with Gasteiger partial charge in [0, 0.05) is 26.1 Å². The van der Waals surface area contributed by atoms with E-state index in [9.17, 15) is 9.18 Å². The van der Waals surface area contributed by atoms with Gasteiger partial charge in [0.05, 0.1) is 24.6 Å². The second-order valence-corrected chi connectivity index (χ2v) is 4.86. The molecule has 5 nitrogen and oxygen atoms in total. The molecule has 0 radical (unpaired) electrons. The van der Waals surface area contributed by atoms with Gasteiger partial charge in [0.2, 0.25) is 5.91 Å². The number of nitrogens with zero attached hydrogens (tertiary/aromatic N) is 1. The maximum absolute atomic E-state index is 13.3. The third kappa shape index (κ3) is 3.60. The Morgan fingerprint density at radius 3 is 2.85 bits per heavy atom. The van der Waals surface area contributed by atoms with Crippen LogP contribution in [0.3, 0.4) is 0 Å². The second-order valence-electron chi connectivity index (χ2n) is 4.86. The van der Waals surface area contributed by atoms with Gasteiger partial charge in [-0.25, -0.2) is 4.39 Å². The molecular weight excluding hydrogens is 261 g/mol. The summed E-state index contributed by atoms with van der Waals surface area (Å²) in [5.74, 6) is -0.226. The summed E-state index contributed by atoms with van der Waals surface area (Å²) in [5, 5.41) is 3.08. The van der Waals surface area contributed by atoms with Gasteiger partial charge in [-0.3, -0.25) is 4.79 Å². The molecule has 1 fully saturated rings. The van der Waals surface area contributed by atoms with Crippen molar-refractivity contribution in [3.05, 3.63) is 23.5 Å². The SMILES string of the molecule is Cc1cc(NCCC(=O)N2CCOCC2)c(N)cc1F. The number of halogens is 1. The van der Waals surface area contributed by atoms with Gasteiger partial charge in [-0.2, -0.15) is 0 Å². The number of amides is 1. The van der Waals surface area contributed by atoms with Crippen molar-refractivity contribution in [2.75, 3.05) is 43.9 Å². The highest BCUT2D eigenvalue weighted by Gasteiger charge is 2.16. The summed E-state index contributed by atoms with van der Waals surface area (Å²) in [5.41, 5.74) is 7.28. The fraction of sp³-hybridized carbons (Fsp3) is 0.500. The van der Waals surface area contributed by atoms with Crippen molar-refractivity contribution in [2.24, 2.45) is 0 Å². The number of hydrogen-bond acceptors (Lipinski definition) is 4. The third-order valence-corrected chi connectivity index (χ3v) is 3.35. The van der Waals surface area contributed by atoms with Crippen molar-refractivity contribution in [3.8, 4) is 0 Å². The molecule has 20 heavy (non-hydrogen) atoms. The minimum Gasteiger partial charge on any atom is -0.397 e. The Hall–Kier alpha value is -1.82. The molecule has 1 aliphatic heterocycles. The third-order valence-electron chi connectivity index (χ3n) is 3.35. The summed E-state index contributed by atoms with van der Waals surface area (Å²) in [6.45, 7) is 4.66. The first-order valence-electron chi connectivity index (χ1n) is 6.73. The smallest absolute Gasteiger partial charge is 0.224 e. The lowest BCUT2D eigenvalue weighted by Gasteiger charge is -2.27. The van der Waals surface area contributed by atoms with Crippen molar-refractivity contribution < 1.29 is 13.9 Å². The molecule has 1 heterocycles. The molecular formula is C14H20FN3O2. The van der Waals surface area contributed by atoms with Crippen LogP contribution in [0.5, 0.6) is 0 Å². The number of anilines is 2. The average Bonchev–Trinajstić information content (AvgIpc) is 2.45. The predicted octanol–water partition coefficient (Wildman–Crippen LogP) is 1.38. The number of carbonyl (C=O) groups is 1. The van der Waals surface area contributed by atoms with E-state index in [0.29, 0.717) is 56.2 Å². The van der Waals surface area contributed by atoms with E-state index in [1.807, 2.05) is 0 Å². The monoisotopic (exact) mass is 281 g/mol. The minimum absolute atomic E-state index is 0.0956. The molecule has 110 valence electrons. The van der Waals surface area contributed by atoms with Gasteiger partial charge in [0.25, 0.3) is 0 Å². The topological polar surface area (TPSA) is 67.6 Å². The number of morpholine rings is 1. The van der Waals surface area contributed by atoms with Crippen LogP contribution in [-0.2, 0) is 9.53 Å². The molecule has 1 aliphatic rings. The number of rotatable bonds is 4. The number of ether oxygens (including phenoxy) is 1. The second kappa shape index (κ2) is 6.56. The highest BCUT2D eigenvalue weighted by molar-refractivity contribution is 5.77. The van der Waals surface area contributed by atoms with E-state index in [-0.39, 0.29) is 11.7 Å². The summed E-state index contributed by atoms with van der Waals surface area (Å²) in [4.78, 5) is 13.7. The summed E-state index contributed by atoms with van der Waals surface area (Å²) in [6, 6.07) is 2.95. The standard InChI is InChI=1S/C14H20FN3O2/c1-10-8-13(12(16)9-11(10)15)17-3-2-14(19)18-4-6-20-7-5-18/h8-9,17H,2-7,16H2,1H3. The molecule has 1 aromatic carbocycles. The van der Waals surface area contributed by atoms with E-state index in [0.717, 1.165) is 0 Å². The molecule has 0 atom stereocenters. The Morgan fingerprint density at radius 2 is 2.15 bits per heavy atom. The Labute approximate surface area is 117 Å². The van der Waals surface area contributed by atoms with Crippen molar-refractivity contribution >= 4 is 17.3 Å². The molecule has 0 bridgehead atoms. The van der Waals surface area contributed by atoms with Crippen LogP contribution < -0.4 is 11.1 Å². The Balaban J connectivity index is 1.83. The predicted molar refractivity (Wildman–Crippen MR) is 76.1 cm³/mol. The van der Waals surface area contributed by atoms with Gasteiger partial charge in [0.1, 0.15) is 5.82 Å². The van der Waals surface area contributed by atoms with Crippen LogP contribution in [0.1, 0.15) is 12.0 Å². The van der Waals surface area contributed by atoms with Gasteiger partial charge in [0.15, 0.2) is 0 Å². The lowest BCUT2D eigenvalue weighted by Crippen LogP contribution is -2.41. The van der Waals surface area contributed by atoms with E-state index >= 15 is 0 Å². The molecule has 1 amide bonds. The normalized spacial score (nSPS) is 15.2. The van der Waals surface area contributed by atoms with Crippen molar-refractivity contribution in [1.29, 1.82) is 0 Å². The highest BCUT2D eigenvalue weighted by Crippen LogP contribution is 2.22. The van der Waals surface area contributed by atoms with Crippen molar-refractivity contribution in [3.63, 3.8) is 0 Å². The molecule has 0 saturated carbocycles. The highest BCUT2D eigenvalue weighted by atomic mass is 19.1. The van der Waals surface area contributed by atoms with Crippen LogP contribution >= 0.6 is 0 Å². The van der Waals surface area contributed by atoms with E-state index in [4.69, 9.17) is 10.5 Å². The first kappa shape index (κ1) is 14.6. The molecule has 1 saturated heterocycles.